The highest BCUT2D eigenvalue weighted by Crippen LogP contribution is 2.35. The number of aryl methyl sites for hydroxylation is 1. The van der Waals surface area contributed by atoms with Crippen molar-refractivity contribution >= 4 is 27.8 Å². The second-order valence-electron chi connectivity index (χ2n) is 8.50. The molecule has 7 nitrogen and oxygen atoms in total. The number of aromatic nitrogens is 2. The number of benzene rings is 2. The van der Waals surface area contributed by atoms with Gasteiger partial charge in [0.25, 0.3) is 0 Å². The third-order valence-corrected chi connectivity index (χ3v) is 5.73. The van der Waals surface area contributed by atoms with Gasteiger partial charge in [-0.1, -0.05) is 12.1 Å². The van der Waals surface area contributed by atoms with E-state index in [2.05, 4.69) is 27.8 Å². The minimum Gasteiger partial charge on any atom is -0.493 e. The van der Waals surface area contributed by atoms with Crippen LogP contribution >= 0.6 is 0 Å². The number of aliphatic carboxylic acids is 1. The zero-order valence-electron chi connectivity index (χ0n) is 18.6. The summed E-state index contributed by atoms with van der Waals surface area (Å²) in [5.41, 5.74) is 2.49. The van der Waals surface area contributed by atoms with Gasteiger partial charge in [0.2, 0.25) is 5.88 Å². The summed E-state index contributed by atoms with van der Waals surface area (Å²) in [4.78, 5) is 15.5. The third kappa shape index (κ3) is 4.46. The Morgan fingerprint density at radius 3 is 2.42 bits per heavy atom. The van der Waals surface area contributed by atoms with Crippen LogP contribution in [0.5, 0.6) is 11.6 Å². The van der Waals surface area contributed by atoms with Gasteiger partial charge in [0, 0.05) is 53.1 Å². The summed E-state index contributed by atoms with van der Waals surface area (Å²) in [6, 6.07) is 17.4. The number of hydrogen-bond acceptors (Lipinski definition) is 5. The monoisotopic (exact) mass is 443 g/mol. The molecule has 0 amide bonds. The molecule has 2 aromatic carbocycles. The Bertz CT molecular complexity index is 1360. The topological polar surface area (TPSA) is 108 Å². The van der Waals surface area contributed by atoms with Crippen LogP contribution in [-0.2, 0) is 11.3 Å². The molecule has 0 aliphatic carbocycles. The molecule has 168 valence electrons. The molecule has 7 heteroatoms. The van der Waals surface area contributed by atoms with E-state index >= 15 is 0 Å². The molecular weight excluding hydrogens is 418 g/mol. The van der Waals surface area contributed by atoms with Gasteiger partial charge >= 0.3 is 5.97 Å². The lowest BCUT2D eigenvalue weighted by atomic mass is 10.0. The molecule has 0 unspecified atom stereocenters. The molecule has 4 aromatic rings. The number of carboxylic acids is 1. The van der Waals surface area contributed by atoms with Gasteiger partial charge in [0.1, 0.15) is 5.75 Å². The van der Waals surface area contributed by atoms with Crippen molar-refractivity contribution < 1.29 is 19.7 Å². The second kappa shape index (κ2) is 8.83. The van der Waals surface area contributed by atoms with Gasteiger partial charge in [0.05, 0.1) is 11.6 Å². The number of ether oxygens (including phenoxy) is 1. The van der Waals surface area contributed by atoms with Crippen molar-refractivity contribution in [3.63, 3.8) is 0 Å². The number of unbranched alkanes of at least 4 members (excludes halogenated alkanes) is 2. The lowest BCUT2D eigenvalue weighted by Crippen LogP contribution is -2.37. The first-order chi connectivity index (χ1) is 15.8. The average Bonchev–Trinajstić information content (AvgIpc) is 3.09. The quantitative estimate of drug-likeness (QED) is 0.348. The van der Waals surface area contributed by atoms with Crippen LogP contribution in [0, 0.1) is 11.3 Å². The zero-order valence-corrected chi connectivity index (χ0v) is 18.6. The number of fused-ring (bicyclic) bond motifs is 3. The summed E-state index contributed by atoms with van der Waals surface area (Å²) in [5, 5.41) is 29.9. The highest BCUT2D eigenvalue weighted by atomic mass is 16.5. The zero-order chi connectivity index (χ0) is 23.6. The Morgan fingerprint density at radius 2 is 1.76 bits per heavy atom. The molecule has 4 rings (SSSR count). The Labute approximate surface area is 191 Å². The van der Waals surface area contributed by atoms with Crippen LogP contribution in [0.4, 0.5) is 0 Å². The van der Waals surface area contributed by atoms with Crippen molar-refractivity contribution in [3.8, 4) is 28.8 Å². The van der Waals surface area contributed by atoms with E-state index in [1.54, 1.807) is 18.3 Å². The smallest absolute Gasteiger partial charge is 0.347 e. The van der Waals surface area contributed by atoms with Gasteiger partial charge in [-0.25, -0.2) is 9.78 Å². The SMILES string of the molecule is CC(C)(Oc1ccc2c3ccc(-c4ccc(O)nc4)cc3n(CCCCC#N)c2c1)C(=O)O. The first-order valence-corrected chi connectivity index (χ1v) is 10.8. The molecular formula is C26H25N3O4. The number of hydrogen-bond donors (Lipinski definition) is 2. The van der Waals surface area contributed by atoms with Crippen LogP contribution in [0.3, 0.4) is 0 Å². The number of nitriles is 1. The molecule has 2 heterocycles. The van der Waals surface area contributed by atoms with Crippen LogP contribution in [0.25, 0.3) is 32.9 Å². The highest BCUT2D eigenvalue weighted by Gasteiger charge is 2.29. The first-order valence-electron chi connectivity index (χ1n) is 10.8. The van der Waals surface area contributed by atoms with E-state index in [-0.39, 0.29) is 5.88 Å². The lowest BCUT2D eigenvalue weighted by molar-refractivity contribution is -0.152. The molecule has 0 saturated heterocycles. The summed E-state index contributed by atoms with van der Waals surface area (Å²) in [5.74, 6) is -0.575. The first kappa shape index (κ1) is 22.2. The highest BCUT2D eigenvalue weighted by molar-refractivity contribution is 6.09. The summed E-state index contributed by atoms with van der Waals surface area (Å²) >= 11 is 0. The molecule has 0 spiro atoms. The Balaban J connectivity index is 1.84. The van der Waals surface area contributed by atoms with Gasteiger partial charge in [-0.15, -0.1) is 0 Å². The van der Waals surface area contributed by atoms with Gasteiger partial charge in [-0.2, -0.15) is 5.26 Å². The predicted octanol–water partition coefficient (Wildman–Crippen LogP) is 5.50. The molecule has 0 atom stereocenters. The number of rotatable bonds is 8. The van der Waals surface area contributed by atoms with E-state index < -0.39 is 11.6 Å². The maximum Gasteiger partial charge on any atom is 0.347 e. The minimum absolute atomic E-state index is 0.0248. The van der Waals surface area contributed by atoms with Crippen molar-refractivity contribution in [1.29, 1.82) is 5.26 Å². The fraction of sp³-hybridized carbons (Fsp3) is 0.269. The van der Waals surface area contributed by atoms with Gasteiger partial charge in [-0.05, 0) is 56.5 Å². The van der Waals surface area contributed by atoms with E-state index in [0.29, 0.717) is 18.7 Å². The van der Waals surface area contributed by atoms with Crippen LogP contribution in [0.1, 0.15) is 33.1 Å². The molecule has 2 aromatic heterocycles. The molecule has 0 saturated carbocycles. The Kier molecular flexibility index (Phi) is 5.93. The normalized spacial score (nSPS) is 11.5. The molecule has 0 fully saturated rings. The number of pyridine rings is 1. The van der Waals surface area contributed by atoms with Crippen molar-refractivity contribution in [1.82, 2.24) is 9.55 Å². The van der Waals surface area contributed by atoms with Gasteiger partial charge < -0.3 is 19.5 Å². The Hall–Kier alpha value is -4.05. The van der Waals surface area contributed by atoms with Crippen molar-refractivity contribution in [2.24, 2.45) is 0 Å². The fourth-order valence-corrected chi connectivity index (χ4v) is 3.93. The fourth-order valence-electron chi connectivity index (χ4n) is 3.93. The number of aromatic hydroxyl groups is 1. The predicted molar refractivity (Wildman–Crippen MR) is 126 cm³/mol. The standard InChI is InChI=1S/C26H25N3O4/c1-26(2,25(31)32)33-19-8-10-21-20-9-6-17(18-7-11-24(30)28-16-18)14-22(20)29(23(21)15-19)13-5-3-4-12-27/h6-11,14-16H,3-5,13H2,1-2H3,(H,28,30)(H,31,32). The molecule has 2 N–H and O–H groups in total. The Morgan fingerprint density at radius 1 is 1.06 bits per heavy atom. The molecule has 0 bridgehead atoms. The van der Waals surface area contributed by atoms with Gasteiger partial charge in [0.15, 0.2) is 5.60 Å². The van der Waals surface area contributed by atoms with E-state index in [9.17, 15) is 15.0 Å². The van der Waals surface area contributed by atoms with E-state index in [4.69, 9.17) is 10.00 Å². The van der Waals surface area contributed by atoms with Crippen LogP contribution in [-0.4, -0.2) is 31.3 Å². The maximum atomic E-state index is 11.5. The summed E-state index contributed by atoms with van der Waals surface area (Å²) in [6.07, 6.45) is 3.77. The largest absolute Gasteiger partial charge is 0.493 e. The minimum atomic E-state index is -1.35. The number of carbonyl (C=O) groups is 1. The molecule has 0 radical (unpaired) electrons. The van der Waals surface area contributed by atoms with E-state index in [0.717, 1.165) is 45.8 Å². The summed E-state index contributed by atoms with van der Waals surface area (Å²) in [6.45, 7) is 3.76. The molecule has 0 aliphatic heterocycles. The number of nitrogens with zero attached hydrogens (tertiary/aromatic N) is 3. The average molecular weight is 444 g/mol. The van der Waals surface area contributed by atoms with Crippen LogP contribution < -0.4 is 4.74 Å². The van der Waals surface area contributed by atoms with E-state index in [1.807, 2.05) is 24.3 Å². The maximum absolute atomic E-state index is 11.5. The van der Waals surface area contributed by atoms with Crippen molar-refractivity contribution in [2.45, 2.75) is 45.3 Å². The molecule has 0 aliphatic rings. The van der Waals surface area contributed by atoms with Gasteiger partial charge in [-0.3, -0.25) is 0 Å². The van der Waals surface area contributed by atoms with Crippen molar-refractivity contribution in [3.05, 3.63) is 54.7 Å². The summed E-state index contributed by atoms with van der Waals surface area (Å²) < 4.78 is 7.98. The van der Waals surface area contributed by atoms with Crippen molar-refractivity contribution in [2.75, 3.05) is 0 Å². The lowest BCUT2D eigenvalue weighted by Gasteiger charge is -2.21. The third-order valence-electron chi connectivity index (χ3n) is 5.73. The van der Waals surface area contributed by atoms with E-state index in [1.165, 1.54) is 13.8 Å². The number of carboxylic acid groups (broad SMARTS) is 1. The van der Waals surface area contributed by atoms with Crippen LogP contribution in [0.15, 0.2) is 54.7 Å². The second-order valence-corrected chi connectivity index (χ2v) is 8.50. The molecule has 33 heavy (non-hydrogen) atoms. The van der Waals surface area contributed by atoms with Crippen LogP contribution in [0.2, 0.25) is 0 Å². The summed E-state index contributed by atoms with van der Waals surface area (Å²) in [7, 11) is 0.